The Morgan fingerprint density at radius 3 is 2.75 bits per heavy atom. The minimum Gasteiger partial charge on any atom is -0.456 e. The number of carbonyl (C=O) groups excluding carboxylic acids is 2. The zero-order valence-corrected chi connectivity index (χ0v) is 9.02. The number of halogens is 1. The highest BCUT2D eigenvalue weighted by molar-refractivity contribution is 6.31. The molecule has 0 unspecified atom stereocenters. The van der Waals surface area contributed by atoms with Crippen molar-refractivity contribution in [3.05, 3.63) is 34.9 Å². The Bertz CT molecular complexity index is 383. The number of hydrogen-bond acceptors (Lipinski definition) is 4. The summed E-state index contributed by atoms with van der Waals surface area (Å²) in [4.78, 5) is 20.8. The Balaban J connectivity index is 2.80. The number of primary amides is 1. The van der Waals surface area contributed by atoms with Gasteiger partial charge in [0.2, 0.25) is 0 Å². The lowest BCUT2D eigenvalue weighted by Crippen LogP contribution is -2.19. The summed E-state index contributed by atoms with van der Waals surface area (Å²) in [5, 5.41) is 0.419. The lowest BCUT2D eigenvalue weighted by Gasteiger charge is -2.15. The van der Waals surface area contributed by atoms with Crippen molar-refractivity contribution in [1.29, 1.82) is 0 Å². The van der Waals surface area contributed by atoms with Crippen LogP contribution in [0.2, 0.25) is 5.02 Å². The molecule has 86 valence electrons. The number of amides is 1. The molecule has 1 rings (SSSR count). The van der Waals surface area contributed by atoms with Gasteiger partial charge in [0.15, 0.2) is 6.10 Å². The van der Waals surface area contributed by atoms with Crippen molar-refractivity contribution >= 4 is 24.2 Å². The summed E-state index contributed by atoms with van der Waals surface area (Å²) < 4.78 is 9.32. The fraction of sp³-hybridized carbons (Fsp3) is 0.200. The van der Waals surface area contributed by atoms with E-state index in [2.05, 4.69) is 4.74 Å². The summed E-state index contributed by atoms with van der Waals surface area (Å²) in [6, 6.07) is 6.77. The molecule has 0 saturated carbocycles. The molecule has 1 atom stereocenters. The van der Waals surface area contributed by atoms with Gasteiger partial charge in [0.1, 0.15) is 6.61 Å². The van der Waals surface area contributed by atoms with Crippen molar-refractivity contribution in [2.45, 2.75) is 6.10 Å². The first-order chi connectivity index (χ1) is 7.65. The number of rotatable bonds is 5. The molecule has 0 aliphatic heterocycles. The van der Waals surface area contributed by atoms with Crippen LogP contribution in [0, 0.1) is 0 Å². The van der Waals surface area contributed by atoms with E-state index in [1.165, 1.54) is 0 Å². The molecular formula is C10H10ClNO4. The topological polar surface area (TPSA) is 78.6 Å². The van der Waals surface area contributed by atoms with Gasteiger partial charge in [0, 0.05) is 10.6 Å². The van der Waals surface area contributed by atoms with Crippen molar-refractivity contribution in [3.63, 3.8) is 0 Å². The summed E-state index contributed by atoms with van der Waals surface area (Å²) in [6.07, 6.45) is -1.69. The average Bonchev–Trinajstić information content (AvgIpc) is 2.25. The Kier molecular flexibility index (Phi) is 4.60. The standard InChI is InChI=1S/C10H10ClNO4/c11-8-4-2-1-3-7(8)9(16-6-13)5-15-10(12)14/h1-4,6,9H,5H2,(H2,12,14)/t9-/m0/s1. The van der Waals surface area contributed by atoms with Crippen molar-refractivity contribution in [1.82, 2.24) is 0 Å². The van der Waals surface area contributed by atoms with E-state index in [4.69, 9.17) is 22.1 Å². The molecule has 0 spiro atoms. The molecule has 0 saturated heterocycles. The fourth-order valence-corrected chi connectivity index (χ4v) is 1.42. The van der Waals surface area contributed by atoms with Gasteiger partial charge in [0.05, 0.1) is 0 Å². The molecule has 1 aromatic carbocycles. The van der Waals surface area contributed by atoms with Crippen LogP contribution in [0.3, 0.4) is 0 Å². The average molecular weight is 244 g/mol. The maximum Gasteiger partial charge on any atom is 0.404 e. The summed E-state index contributed by atoms with van der Waals surface area (Å²) in [5.74, 6) is 0. The molecule has 0 radical (unpaired) electrons. The van der Waals surface area contributed by atoms with Crippen LogP contribution in [0.5, 0.6) is 0 Å². The van der Waals surface area contributed by atoms with Gasteiger partial charge < -0.3 is 15.2 Å². The van der Waals surface area contributed by atoms with Crippen LogP contribution in [0.4, 0.5) is 4.79 Å². The summed E-state index contributed by atoms with van der Waals surface area (Å²) in [7, 11) is 0. The minimum atomic E-state index is -0.938. The van der Waals surface area contributed by atoms with E-state index < -0.39 is 12.2 Å². The first-order valence-electron chi connectivity index (χ1n) is 4.41. The van der Waals surface area contributed by atoms with Gasteiger partial charge in [-0.1, -0.05) is 29.8 Å². The van der Waals surface area contributed by atoms with E-state index in [0.717, 1.165) is 0 Å². The van der Waals surface area contributed by atoms with Crippen molar-refractivity contribution in [2.75, 3.05) is 6.61 Å². The number of benzene rings is 1. The highest BCUT2D eigenvalue weighted by Gasteiger charge is 2.17. The van der Waals surface area contributed by atoms with E-state index in [1.54, 1.807) is 24.3 Å². The maximum absolute atomic E-state index is 10.4. The van der Waals surface area contributed by atoms with E-state index in [9.17, 15) is 9.59 Å². The van der Waals surface area contributed by atoms with E-state index >= 15 is 0 Å². The monoisotopic (exact) mass is 243 g/mol. The lowest BCUT2D eigenvalue weighted by molar-refractivity contribution is -0.135. The third kappa shape index (κ3) is 3.43. The van der Waals surface area contributed by atoms with Crippen molar-refractivity contribution < 1.29 is 19.1 Å². The van der Waals surface area contributed by atoms with Crippen molar-refractivity contribution in [3.8, 4) is 0 Å². The second kappa shape index (κ2) is 5.97. The van der Waals surface area contributed by atoms with Crippen LogP contribution in [0.1, 0.15) is 11.7 Å². The largest absolute Gasteiger partial charge is 0.456 e. The van der Waals surface area contributed by atoms with E-state index in [0.29, 0.717) is 10.6 Å². The van der Waals surface area contributed by atoms with E-state index in [-0.39, 0.29) is 13.1 Å². The SMILES string of the molecule is NC(=O)OC[C@H](OC=O)c1ccccc1Cl. The smallest absolute Gasteiger partial charge is 0.404 e. The molecular weight excluding hydrogens is 234 g/mol. The van der Waals surface area contributed by atoms with Gasteiger partial charge in [0.25, 0.3) is 6.47 Å². The molecule has 0 aliphatic carbocycles. The molecule has 2 N–H and O–H groups in total. The third-order valence-electron chi connectivity index (χ3n) is 1.85. The normalized spacial score (nSPS) is 11.6. The molecule has 0 bridgehead atoms. The van der Waals surface area contributed by atoms with Crippen LogP contribution in [-0.2, 0) is 14.3 Å². The molecule has 5 nitrogen and oxygen atoms in total. The van der Waals surface area contributed by atoms with Gasteiger partial charge in [-0.2, -0.15) is 0 Å². The van der Waals surface area contributed by atoms with Crippen molar-refractivity contribution in [2.24, 2.45) is 5.73 Å². The first-order valence-corrected chi connectivity index (χ1v) is 4.78. The molecule has 0 heterocycles. The predicted molar refractivity (Wildman–Crippen MR) is 56.9 cm³/mol. The number of hydrogen-bond donors (Lipinski definition) is 1. The van der Waals surface area contributed by atoms with Crippen LogP contribution in [0.15, 0.2) is 24.3 Å². The van der Waals surface area contributed by atoms with Crippen LogP contribution in [-0.4, -0.2) is 19.2 Å². The lowest BCUT2D eigenvalue weighted by atomic mass is 10.1. The van der Waals surface area contributed by atoms with Gasteiger partial charge in [-0.25, -0.2) is 4.79 Å². The molecule has 6 heteroatoms. The molecule has 1 aromatic rings. The predicted octanol–water partition coefficient (Wildman–Crippen LogP) is 1.65. The molecule has 0 aliphatic rings. The van der Waals surface area contributed by atoms with E-state index in [1.807, 2.05) is 0 Å². The number of nitrogens with two attached hydrogens (primary N) is 1. The summed E-state index contributed by atoms with van der Waals surface area (Å²) in [6.45, 7) is 0.0934. The molecule has 0 aromatic heterocycles. The van der Waals surface area contributed by atoms with Gasteiger partial charge in [-0.3, -0.25) is 4.79 Å². The molecule has 1 amide bonds. The second-order valence-corrected chi connectivity index (χ2v) is 3.28. The van der Waals surface area contributed by atoms with Gasteiger partial charge >= 0.3 is 6.09 Å². The van der Waals surface area contributed by atoms with Crippen LogP contribution >= 0.6 is 11.6 Å². The Morgan fingerprint density at radius 1 is 1.50 bits per heavy atom. The third-order valence-corrected chi connectivity index (χ3v) is 2.19. The minimum absolute atomic E-state index is 0.169. The Labute approximate surface area is 97.1 Å². The molecule has 16 heavy (non-hydrogen) atoms. The van der Waals surface area contributed by atoms with Crippen LogP contribution in [0.25, 0.3) is 0 Å². The van der Waals surface area contributed by atoms with Gasteiger partial charge in [-0.15, -0.1) is 0 Å². The fourth-order valence-electron chi connectivity index (χ4n) is 1.16. The molecule has 0 fully saturated rings. The summed E-state index contributed by atoms with van der Waals surface area (Å²) >= 11 is 5.90. The zero-order chi connectivity index (χ0) is 12.0. The Hall–Kier alpha value is -1.75. The first kappa shape index (κ1) is 12.3. The maximum atomic E-state index is 10.4. The summed E-state index contributed by atoms with van der Waals surface area (Å²) in [5.41, 5.74) is 5.37. The number of ether oxygens (including phenoxy) is 2. The zero-order valence-electron chi connectivity index (χ0n) is 8.26. The second-order valence-electron chi connectivity index (χ2n) is 2.87. The highest BCUT2D eigenvalue weighted by Crippen LogP contribution is 2.25. The quantitative estimate of drug-likeness (QED) is 0.798. The van der Waals surface area contributed by atoms with Crippen LogP contribution < -0.4 is 5.73 Å². The van der Waals surface area contributed by atoms with Gasteiger partial charge in [-0.05, 0) is 6.07 Å². The highest BCUT2D eigenvalue weighted by atomic mass is 35.5. The number of carbonyl (C=O) groups is 2. The Morgan fingerprint density at radius 2 is 2.19 bits per heavy atom.